The van der Waals surface area contributed by atoms with Gasteiger partial charge in [-0.3, -0.25) is 4.79 Å². The molecule has 0 spiro atoms. The van der Waals surface area contributed by atoms with Gasteiger partial charge in [0.15, 0.2) is 0 Å². The topological polar surface area (TPSA) is 117 Å². The molecular weight excluding hydrogens is 358 g/mol. The van der Waals surface area contributed by atoms with E-state index in [-0.39, 0.29) is 11.9 Å². The summed E-state index contributed by atoms with van der Waals surface area (Å²) in [7, 11) is 0. The highest BCUT2D eigenvalue weighted by Crippen LogP contribution is 2.19. The number of anilines is 2. The summed E-state index contributed by atoms with van der Waals surface area (Å²) in [6.07, 6.45) is 1.42. The molecule has 0 radical (unpaired) electrons. The second-order valence-corrected chi connectivity index (χ2v) is 6.55. The van der Waals surface area contributed by atoms with Crippen LogP contribution in [-0.2, 0) is 11.3 Å². The molecule has 0 unspecified atom stereocenters. The number of hydrogen-bond donors (Lipinski definition) is 4. The van der Waals surface area contributed by atoms with E-state index in [1.807, 2.05) is 18.2 Å². The predicted molar refractivity (Wildman–Crippen MR) is 107 cm³/mol. The highest BCUT2D eigenvalue weighted by Gasteiger charge is 2.33. The van der Waals surface area contributed by atoms with Crippen LogP contribution in [0.15, 0.2) is 54.6 Å². The molecule has 1 atom stereocenters. The Labute approximate surface area is 163 Å². The molecule has 8 nitrogen and oxygen atoms in total. The Morgan fingerprint density at radius 3 is 2.32 bits per heavy atom. The summed E-state index contributed by atoms with van der Waals surface area (Å²) in [5.41, 5.74) is 7.23. The Balaban J connectivity index is 1.54. The average Bonchev–Trinajstić information content (AvgIpc) is 3.18. The number of rotatable bonds is 5. The second kappa shape index (κ2) is 8.90. The Bertz CT molecular complexity index is 839. The lowest BCUT2D eigenvalue weighted by Crippen LogP contribution is -2.47. The standard InChI is InChI=1S/C20H23N5O3/c21-19(27)23-16-10-8-14(9-11-16)13-22-18(26)17-7-4-12-25(17)20(28)24-15-5-2-1-3-6-15/h1-3,5-6,8-11,17H,4,7,12-13H2,(H,22,26)(H,24,28)(H3,21,23,27)/t17-/m0/s1. The molecule has 0 saturated carbocycles. The predicted octanol–water partition coefficient (Wildman–Crippen LogP) is 2.49. The van der Waals surface area contributed by atoms with Crippen LogP contribution in [0.4, 0.5) is 21.0 Å². The molecule has 1 aliphatic rings. The van der Waals surface area contributed by atoms with Crippen molar-refractivity contribution in [1.82, 2.24) is 10.2 Å². The molecule has 3 rings (SSSR count). The van der Waals surface area contributed by atoms with Gasteiger partial charge in [0.25, 0.3) is 0 Å². The summed E-state index contributed by atoms with van der Waals surface area (Å²) in [5.74, 6) is -0.181. The second-order valence-electron chi connectivity index (χ2n) is 6.55. The summed E-state index contributed by atoms with van der Waals surface area (Å²) in [4.78, 5) is 37.5. The van der Waals surface area contributed by atoms with E-state index >= 15 is 0 Å². The van der Waals surface area contributed by atoms with Crippen molar-refractivity contribution >= 4 is 29.3 Å². The van der Waals surface area contributed by atoms with E-state index in [0.29, 0.717) is 30.9 Å². The zero-order valence-electron chi connectivity index (χ0n) is 15.4. The minimum absolute atomic E-state index is 0.181. The fourth-order valence-corrected chi connectivity index (χ4v) is 3.15. The van der Waals surface area contributed by atoms with Gasteiger partial charge in [0, 0.05) is 24.5 Å². The van der Waals surface area contributed by atoms with Gasteiger partial charge in [-0.15, -0.1) is 0 Å². The number of likely N-dealkylation sites (tertiary alicyclic amines) is 1. The van der Waals surface area contributed by atoms with Crippen molar-refractivity contribution in [3.05, 3.63) is 60.2 Å². The molecule has 0 aromatic heterocycles. The van der Waals surface area contributed by atoms with Gasteiger partial charge in [-0.2, -0.15) is 0 Å². The van der Waals surface area contributed by atoms with E-state index in [2.05, 4.69) is 16.0 Å². The molecule has 2 aromatic rings. The number of nitrogens with one attached hydrogen (secondary N) is 3. The number of primary amides is 1. The van der Waals surface area contributed by atoms with Crippen molar-refractivity contribution in [2.75, 3.05) is 17.2 Å². The first-order chi connectivity index (χ1) is 13.5. The lowest BCUT2D eigenvalue weighted by molar-refractivity contribution is -0.124. The van der Waals surface area contributed by atoms with Crippen LogP contribution in [0.3, 0.4) is 0 Å². The zero-order chi connectivity index (χ0) is 19.9. The molecule has 1 heterocycles. The monoisotopic (exact) mass is 381 g/mol. The molecule has 5 amide bonds. The third-order valence-electron chi connectivity index (χ3n) is 4.53. The number of para-hydroxylation sites is 1. The molecular formula is C20H23N5O3. The first kappa shape index (κ1) is 19.2. The first-order valence-electron chi connectivity index (χ1n) is 9.09. The maximum absolute atomic E-state index is 12.6. The minimum atomic E-state index is -0.629. The highest BCUT2D eigenvalue weighted by atomic mass is 16.2. The van der Waals surface area contributed by atoms with Crippen LogP contribution in [0.2, 0.25) is 0 Å². The SMILES string of the molecule is NC(=O)Nc1ccc(CNC(=O)[C@@H]2CCCN2C(=O)Nc2ccccc2)cc1. The Kier molecular flexibility index (Phi) is 6.11. The van der Waals surface area contributed by atoms with Gasteiger partial charge in [0.05, 0.1) is 0 Å². The lowest BCUT2D eigenvalue weighted by Gasteiger charge is -2.24. The molecule has 0 aliphatic carbocycles. The normalized spacial score (nSPS) is 15.7. The van der Waals surface area contributed by atoms with Crippen molar-refractivity contribution in [1.29, 1.82) is 0 Å². The van der Waals surface area contributed by atoms with Gasteiger partial charge in [-0.1, -0.05) is 30.3 Å². The fourth-order valence-electron chi connectivity index (χ4n) is 3.15. The van der Waals surface area contributed by atoms with Crippen LogP contribution in [0.5, 0.6) is 0 Å². The van der Waals surface area contributed by atoms with Crippen molar-refractivity contribution in [3.8, 4) is 0 Å². The maximum Gasteiger partial charge on any atom is 0.322 e. The highest BCUT2D eigenvalue weighted by molar-refractivity contribution is 5.94. The average molecular weight is 381 g/mol. The van der Waals surface area contributed by atoms with E-state index in [0.717, 1.165) is 12.0 Å². The van der Waals surface area contributed by atoms with Gasteiger partial charge in [0.2, 0.25) is 5.91 Å². The number of amides is 5. The molecule has 28 heavy (non-hydrogen) atoms. The largest absolute Gasteiger partial charge is 0.351 e. The number of nitrogens with two attached hydrogens (primary N) is 1. The maximum atomic E-state index is 12.6. The van der Waals surface area contributed by atoms with E-state index in [4.69, 9.17) is 5.73 Å². The van der Waals surface area contributed by atoms with Crippen LogP contribution in [0.25, 0.3) is 0 Å². The van der Waals surface area contributed by atoms with Crippen molar-refractivity contribution < 1.29 is 14.4 Å². The number of nitrogens with zero attached hydrogens (tertiary/aromatic N) is 1. The summed E-state index contributed by atoms with van der Waals surface area (Å²) >= 11 is 0. The molecule has 1 aliphatic heterocycles. The quantitative estimate of drug-likeness (QED) is 0.637. The molecule has 1 saturated heterocycles. The van der Waals surface area contributed by atoms with E-state index in [1.54, 1.807) is 41.3 Å². The van der Waals surface area contributed by atoms with E-state index < -0.39 is 12.1 Å². The van der Waals surface area contributed by atoms with Crippen molar-refractivity contribution in [3.63, 3.8) is 0 Å². The van der Waals surface area contributed by atoms with Crippen LogP contribution in [0, 0.1) is 0 Å². The van der Waals surface area contributed by atoms with Crippen LogP contribution < -0.4 is 21.7 Å². The van der Waals surface area contributed by atoms with Gasteiger partial charge in [-0.05, 0) is 42.7 Å². The van der Waals surface area contributed by atoms with Crippen molar-refractivity contribution in [2.45, 2.75) is 25.4 Å². The van der Waals surface area contributed by atoms with Crippen LogP contribution >= 0.6 is 0 Å². The Morgan fingerprint density at radius 1 is 0.964 bits per heavy atom. The molecule has 5 N–H and O–H groups in total. The van der Waals surface area contributed by atoms with Gasteiger partial charge >= 0.3 is 12.1 Å². The molecule has 0 bridgehead atoms. The summed E-state index contributed by atoms with van der Waals surface area (Å²) in [6, 6.07) is 14.8. The number of carbonyl (C=O) groups is 3. The summed E-state index contributed by atoms with van der Waals surface area (Å²) < 4.78 is 0. The molecule has 2 aromatic carbocycles. The van der Waals surface area contributed by atoms with E-state index in [9.17, 15) is 14.4 Å². The molecule has 8 heteroatoms. The van der Waals surface area contributed by atoms with E-state index in [1.165, 1.54) is 0 Å². The summed E-state index contributed by atoms with van der Waals surface area (Å²) in [5, 5.41) is 8.18. The third kappa shape index (κ3) is 5.00. The molecule has 1 fully saturated rings. The minimum Gasteiger partial charge on any atom is -0.351 e. The molecule has 146 valence electrons. The van der Waals surface area contributed by atoms with Gasteiger partial charge < -0.3 is 26.6 Å². The fraction of sp³-hybridized carbons (Fsp3) is 0.250. The lowest BCUT2D eigenvalue weighted by atomic mass is 10.1. The smallest absolute Gasteiger partial charge is 0.322 e. The van der Waals surface area contributed by atoms with Crippen LogP contribution in [-0.4, -0.2) is 35.5 Å². The Morgan fingerprint density at radius 2 is 1.64 bits per heavy atom. The number of carbonyl (C=O) groups excluding carboxylic acids is 3. The first-order valence-corrected chi connectivity index (χ1v) is 9.09. The van der Waals surface area contributed by atoms with Crippen molar-refractivity contribution in [2.24, 2.45) is 5.73 Å². The van der Waals surface area contributed by atoms with Gasteiger partial charge in [0.1, 0.15) is 6.04 Å². The zero-order valence-corrected chi connectivity index (χ0v) is 15.4. The number of urea groups is 2. The van der Waals surface area contributed by atoms with Crippen LogP contribution in [0.1, 0.15) is 18.4 Å². The Hall–Kier alpha value is -3.55. The summed E-state index contributed by atoms with van der Waals surface area (Å²) in [6.45, 7) is 0.880. The third-order valence-corrected chi connectivity index (χ3v) is 4.53. The number of benzene rings is 2. The van der Waals surface area contributed by atoms with Gasteiger partial charge in [-0.25, -0.2) is 9.59 Å². The number of hydrogen-bond acceptors (Lipinski definition) is 3.